The molecule has 0 aromatic heterocycles. The molecule has 0 aromatic rings. The Kier molecular flexibility index (Phi) is 5.08. The van der Waals surface area contributed by atoms with Crippen LogP contribution in [0.15, 0.2) is 0 Å². The van der Waals surface area contributed by atoms with Gasteiger partial charge in [-0.25, -0.2) is 0 Å². The van der Waals surface area contributed by atoms with Gasteiger partial charge in [-0.15, -0.1) is 0 Å². The predicted octanol–water partition coefficient (Wildman–Crippen LogP) is 0.481. The zero-order valence-electron chi connectivity index (χ0n) is 3.57. The minimum atomic E-state index is 0.296. The van der Waals surface area contributed by atoms with Crippen LogP contribution in [0.3, 0.4) is 0 Å². The van der Waals surface area contributed by atoms with Crippen LogP contribution < -0.4 is 0 Å². The maximum atomic E-state index is 4.06. The van der Waals surface area contributed by atoms with Gasteiger partial charge in [0.2, 0.25) is 0 Å². The van der Waals surface area contributed by atoms with Crippen LogP contribution in [-0.2, 0) is 0 Å². The van der Waals surface area contributed by atoms with E-state index in [-0.39, 0.29) is 0 Å². The molecule has 0 atom stereocenters. The Morgan fingerprint density at radius 1 is 1.80 bits per heavy atom. The molecule has 0 N–H and O–H groups in total. The van der Waals surface area contributed by atoms with Crippen molar-refractivity contribution < 1.29 is 0 Å². The Bertz CT molecular complexity index is 14.4. The zero-order valence-corrected chi connectivity index (χ0v) is 5.88. The van der Waals surface area contributed by atoms with Gasteiger partial charge < -0.3 is 0 Å². The highest BCUT2D eigenvalue weighted by Crippen LogP contribution is 1.73. The molecule has 0 nitrogen and oxygen atoms in total. The molecule has 0 amide bonds. The van der Waals surface area contributed by atoms with E-state index in [2.05, 4.69) is 19.6 Å². The van der Waals surface area contributed by atoms with Crippen LogP contribution in [0.25, 0.3) is 0 Å². The molecule has 0 saturated heterocycles. The van der Waals surface area contributed by atoms with Crippen LogP contribution in [0.2, 0.25) is 6.04 Å². The fraction of sp³-hybridized carbons (Fsp3) is 1.00. The smallest absolute Gasteiger partial charge is 0.0311 e. The van der Waals surface area contributed by atoms with Crippen molar-refractivity contribution >= 4 is 22.1 Å². The number of thiol groups is 1. The van der Waals surface area contributed by atoms with Crippen LogP contribution in [0, 0.1) is 0 Å². The third-order valence-corrected chi connectivity index (χ3v) is 2.48. The lowest BCUT2D eigenvalue weighted by atomic mass is 11.0. The first-order valence-electron chi connectivity index (χ1n) is 2.02. The van der Waals surface area contributed by atoms with E-state index in [0.29, 0.717) is 9.52 Å². The Morgan fingerprint density at radius 3 is 2.40 bits per heavy atom. The lowest BCUT2D eigenvalue weighted by molar-refractivity contribution is 1.45. The van der Waals surface area contributed by atoms with E-state index < -0.39 is 0 Å². The molecular weight excluding hydrogens is 96.2 g/mol. The SMILES string of the molecule is CC[SiH2]CS. The first-order valence-corrected chi connectivity index (χ1v) is 4.66. The van der Waals surface area contributed by atoms with E-state index in [4.69, 9.17) is 0 Å². The summed E-state index contributed by atoms with van der Waals surface area (Å²) in [6.45, 7) is 2.22. The van der Waals surface area contributed by atoms with E-state index in [0.717, 1.165) is 0 Å². The van der Waals surface area contributed by atoms with E-state index in [9.17, 15) is 0 Å². The lowest BCUT2D eigenvalue weighted by Crippen LogP contribution is -1.84. The zero-order chi connectivity index (χ0) is 4.12. The van der Waals surface area contributed by atoms with Gasteiger partial charge in [0.15, 0.2) is 0 Å². The lowest BCUT2D eigenvalue weighted by Gasteiger charge is -1.77. The van der Waals surface area contributed by atoms with Crippen LogP contribution >= 0.6 is 12.6 Å². The standard InChI is InChI=1S/C3H10SSi/c1-2-5-3-4/h4H,2-3,5H2,1H3. The molecule has 0 aliphatic heterocycles. The Labute approximate surface area is 41.2 Å². The maximum absolute atomic E-state index is 4.06. The molecule has 0 radical (unpaired) electrons. The van der Waals surface area contributed by atoms with Gasteiger partial charge in [0.25, 0.3) is 0 Å². The first kappa shape index (κ1) is 5.57. The molecule has 0 rings (SSSR count). The Morgan fingerprint density at radius 2 is 2.40 bits per heavy atom. The van der Waals surface area contributed by atoms with E-state index in [1.165, 1.54) is 11.4 Å². The van der Waals surface area contributed by atoms with E-state index in [1.54, 1.807) is 0 Å². The maximum Gasteiger partial charge on any atom is 0.0311 e. The summed E-state index contributed by atoms with van der Waals surface area (Å²) >= 11 is 4.06. The molecule has 0 aromatic carbocycles. The number of hydrogen-bond acceptors (Lipinski definition) is 1. The third-order valence-electron chi connectivity index (χ3n) is 0.512. The molecule has 0 spiro atoms. The first-order chi connectivity index (χ1) is 2.41. The van der Waals surface area contributed by atoms with Gasteiger partial charge >= 0.3 is 0 Å². The van der Waals surface area contributed by atoms with Crippen LogP contribution in [0.1, 0.15) is 6.92 Å². The van der Waals surface area contributed by atoms with Crippen molar-refractivity contribution in [1.29, 1.82) is 0 Å². The third kappa shape index (κ3) is 4.57. The van der Waals surface area contributed by atoms with Gasteiger partial charge in [-0.2, -0.15) is 12.6 Å². The monoisotopic (exact) mass is 106 g/mol. The van der Waals surface area contributed by atoms with Crippen LogP contribution in [0.5, 0.6) is 0 Å². The molecular formula is C3H10SSi. The Balaban J connectivity index is 2.19. The van der Waals surface area contributed by atoms with Crippen molar-refractivity contribution in [2.75, 3.05) is 5.38 Å². The van der Waals surface area contributed by atoms with Crippen molar-refractivity contribution in [3.63, 3.8) is 0 Å². The summed E-state index contributed by atoms with van der Waals surface area (Å²) < 4.78 is 0. The predicted molar refractivity (Wildman–Crippen MR) is 32.9 cm³/mol. The fourth-order valence-corrected chi connectivity index (χ4v) is 1.42. The second-order valence-electron chi connectivity index (χ2n) is 1.08. The second-order valence-corrected chi connectivity index (χ2v) is 4.57. The van der Waals surface area contributed by atoms with E-state index >= 15 is 0 Å². The summed E-state index contributed by atoms with van der Waals surface area (Å²) in [7, 11) is 0.296. The average Bonchev–Trinajstić information content (AvgIpc) is 1.41. The number of hydrogen-bond donors (Lipinski definition) is 1. The molecule has 0 saturated carbocycles. The topological polar surface area (TPSA) is 0 Å². The number of rotatable bonds is 2. The molecule has 0 unspecified atom stereocenters. The van der Waals surface area contributed by atoms with Gasteiger partial charge in [-0.05, 0) is 5.38 Å². The van der Waals surface area contributed by atoms with Crippen molar-refractivity contribution in [1.82, 2.24) is 0 Å². The molecule has 2 heteroatoms. The highest BCUT2D eigenvalue weighted by atomic mass is 32.1. The quantitative estimate of drug-likeness (QED) is 0.384. The molecule has 5 heavy (non-hydrogen) atoms. The molecule has 0 aliphatic carbocycles. The highest BCUT2D eigenvalue weighted by molar-refractivity contribution is 7.81. The largest absolute Gasteiger partial charge is 0.183 e. The van der Waals surface area contributed by atoms with E-state index in [1.807, 2.05) is 0 Å². The molecule has 0 fully saturated rings. The Hall–Kier alpha value is 0.567. The second kappa shape index (κ2) is 4.57. The van der Waals surface area contributed by atoms with Gasteiger partial charge in [0.1, 0.15) is 0 Å². The van der Waals surface area contributed by atoms with Gasteiger partial charge in [0.05, 0.1) is 0 Å². The average molecular weight is 106 g/mol. The molecule has 0 heterocycles. The summed E-state index contributed by atoms with van der Waals surface area (Å²) in [5, 5.41) is 1.18. The minimum absolute atomic E-state index is 0.296. The van der Waals surface area contributed by atoms with Crippen molar-refractivity contribution in [3.8, 4) is 0 Å². The summed E-state index contributed by atoms with van der Waals surface area (Å²) in [6, 6.07) is 1.41. The van der Waals surface area contributed by atoms with Gasteiger partial charge in [-0.3, -0.25) is 0 Å². The molecule has 32 valence electrons. The van der Waals surface area contributed by atoms with Gasteiger partial charge in [0, 0.05) is 9.52 Å². The molecule has 0 bridgehead atoms. The van der Waals surface area contributed by atoms with Crippen molar-refractivity contribution in [3.05, 3.63) is 0 Å². The van der Waals surface area contributed by atoms with Crippen LogP contribution in [-0.4, -0.2) is 14.9 Å². The fourth-order valence-electron chi connectivity index (χ4n) is 0.158. The summed E-state index contributed by atoms with van der Waals surface area (Å²) in [4.78, 5) is 0. The molecule has 0 aliphatic rings. The normalized spacial score (nSPS) is 10.8. The summed E-state index contributed by atoms with van der Waals surface area (Å²) in [6.07, 6.45) is 0. The minimum Gasteiger partial charge on any atom is -0.183 e. The van der Waals surface area contributed by atoms with Crippen LogP contribution in [0.4, 0.5) is 0 Å². The highest BCUT2D eigenvalue weighted by Gasteiger charge is 1.70. The summed E-state index contributed by atoms with van der Waals surface area (Å²) in [5.74, 6) is 0. The van der Waals surface area contributed by atoms with Gasteiger partial charge in [-0.1, -0.05) is 13.0 Å². The van der Waals surface area contributed by atoms with Crippen molar-refractivity contribution in [2.45, 2.75) is 13.0 Å². The summed E-state index contributed by atoms with van der Waals surface area (Å²) in [5.41, 5.74) is 0. The van der Waals surface area contributed by atoms with Crippen molar-refractivity contribution in [2.24, 2.45) is 0 Å².